The lowest BCUT2D eigenvalue weighted by molar-refractivity contribution is -0.144. The number of rotatable bonds is 8. The smallest absolute Gasteiger partial charge is 0.469 e. The zero-order chi connectivity index (χ0) is 20.8. The largest absolute Gasteiger partial charge is 0.478 e. The first-order chi connectivity index (χ1) is 13.2. The van der Waals surface area contributed by atoms with E-state index in [-0.39, 0.29) is 24.4 Å². The summed E-state index contributed by atoms with van der Waals surface area (Å²) in [5.41, 5.74) is -0.814. The highest BCUT2D eigenvalue weighted by atomic mass is 32.1. The van der Waals surface area contributed by atoms with Crippen LogP contribution in [-0.4, -0.2) is 55.4 Å². The molecular formula is C15H21N2O9PS. The fourth-order valence-corrected chi connectivity index (χ4v) is 4.11. The molecule has 1 fully saturated rings. The molecule has 1 amide bonds. The Balaban J connectivity index is 1.89. The summed E-state index contributed by atoms with van der Waals surface area (Å²) in [6, 6.07) is 1.46. The lowest BCUT2D eigenvalue weighted by Gasteiger charge is -2.39. The second-order valence-corrected chi connectivity index (χ2v) is 8.82. The summed E-state index contributed by atoms with van der Waals surface area (Å²) in [6.07, 6.45) is 0.248. The number of carbonyl (C=O) groups excluding carboxylic acids is 3. The van der Waals surface area contributed by atoms with Crippen LogP contribution in [-0.2, 0) is 37.2 Å². The molecule has 0 spiro atoms. The van der Waals surface area contributed by atoms with Crippen LogP contribution in [0, 0.1) is 5.41 Å². The number of hydrogen-bond acceptors (Lipinski definition) is 11. The Morgan fingerprint density at radius 3 is 2.82 bits per heavy atom. The molecule has 11 nitrogen and oxygen atoms in total. The lowest BCUT2D eigenvalue weighted by atomic mass is 9.87. The molecule has 1 N–H and O–H groups in total. The molecule has 0 radical (unpaired) electrons. The third kappa shape index (κ3) is 6.08. The first-order valence-electron chi connectivity index (χ1n) is 8.17. The fraction of sp³-hybridized carbons (Fsp3) is 0.600. The number of esters is 2. The van der Waals surface area contributed by atoms with Crippen molar-refractivity contribution in [2.45, 2.75) is 26.4 Å². The molecule has 0 unspecified atom stereocenters. The van der Waals surface area contributed by atoms with Crippen molar-refractivity contribution >= 4 is 37.2 Å². The van der Waals surface area contributed by atoms with Crippen LogP contribution in [0.1, 0.15) is 29.9 Å². The van der Waals surface area contributed by atoms with Crippen molar-refractivity contribution in [1.82, 2.24) is 9.69 Å². The molecule has 0 aromatic carbocycles. The Morgan fingerprint density at radius 2 is 2.18 bits per heavy atom. The van der Waals surface area contributed by atoms with Gasteiger partial charge in [-0.15, -0.1) is 0 Å². The molecule has 1 aromatic rings. The standard InChI is InChI=1S/C15H21N2O9PS/c1-15(2)8-24-27(21,25-9-23-14(20)10-4-7-17-28-10)26-12(15)13(19)16-6-5-11(18)22-3/h4,7,12H,5-6,8-9H2,1-3H3,(H,16,19)/t12-,27-/m0/s1. The van der Waals surface area contributed by atoms with Gasteiger partial charge in [-0.2, -0.15) is 0 Å². The number of phosphoric ester groups is 1. The molecule has 156 valence electrons. The predicted octanol–water partition coefficient (Wildman–Crippen LogP) is 1.50. The summed E-state index contributed by atoms with van der Waals surface area (Å²) in [4.78, 5) is 35.5. The Hall–Kier alpha value is -1.85. The van der Waals surface area contributed by atoms with Gasteiger partial charge >= 0.3 is 19.8 Å². The van der Waals surface area contributed by atoms with Crippen LogP contribution in [0.3, 0.4) is 0 Å². The normalized spacial score (nSPS) is 23.6. The van der Waals surface area contributed by atoms with E-state index in [0.29, 0.717) is 0 Å². The summed E-state index contributed by atoms with van der Waals surface area (Å²) in [5, 5.41) is 2.52. The monoisotopic (exact) mass is 436 g/mol. The third-order valence-electron chi connectivity index (χ3n) is 3.67. The van der Waals surface area contributed by atoms with E-state index in [2.05, 4.69) is 14.4 Å². The SMILES string of the molecule is COC(=O)CCNC(=O)[C@@H]1O[P@](=O)(OCOC(=O)c2ccns2)OCC1(C)C. The molecule has 0 saturated carbocycles. The Labute approximate surface area is 165 Å². The van der Waals surface area contributed by atoms with Gasteiger partial charge in [-0.1, -0.05) is 13.8 Å². The maximum absolute atomic E-state index is 12.6. The highest BCUT2D eigenvalue weighted by Gasteiger charge is 2.49. The number of nitrogens with one attached hydrogen (secondary N) is 1. The Bertz CT molecular complexity index is 753. The average Bonchev–Trinajstić information content (AvgIpc) is 3.18. The predicted molar refractivity (Wildman–Crippen MR) is 95.3 cm³/mol. The summed E-state index contributed by atoms with van der Waals surface area (Å²) in [6.45, 7) is 2.61. The molecule has 2 atom stereocenters. The first kappa shape index (κ1) is 22.4. The van der Waals surface area contributed by atoms with Crippen molar-refractivity contribution < 1.29 is 42.0 Å². The van der Waals surface area contributed by atoms with Gasteiger partial charge in [0, 0.05) is 18.2 Å². The van der Waals surface area contributed by atoms with Crippen LogP contribution in [0.15, 0.2) is 12.3 Å². The number of amides is 1. The molecular weight excluding hydrogens is 415 g/mol. The molecule has 0 aliphatic carbocycles. The Kier molecular flexibility index (Phi) is 7.67. The van der Waals surface area contributed by atoms with E-state index in [1.165, 1.54) is 19.4 Å². The van der Waals surface area contributed by atoms with Crippen LogP contribution < -0.4 is 5.32 Å². The number of ether oxygens (including phenoxy) is 2. The summed E-state index contributed by atoms with van der Waals surface area (Å²) < 4.78 is 41.1. The van der Waals surface area contributed by atoms with Gasteiger partial charge in [-0.05, 0) is 17.6 Å². The van der Waals surface area contributed by atoms with Gasteiger partial charge < -0.3 is 14.8 Å². The zero-order valence-corrected chi connectivity index (χ0v) is 17.2. The summed E-state index contributed by atoms with van der Waals surface area (Å²) in [5.74, 6) is -1.77. The minimum absolute atomic E-state index is 0.0203. The topological polar surface area (TPSA) is 139 Å². The van der Waals surface area contributed by atoms with Gasteiger partial charge in [0.1, 0.15) is 4.88 Å². The molecule has 1 aliphatic rings. The van der Waals surface area contributed by atoms with E-state index in [0.717, 1.165) is 11.5 Å². The number of hydrogen-bond donors (Lipinski definition) is 1. The van der Waals surface area contributed by atoms with Crippen molar-refractivity contribution in [1.29, 1.82) is 0 Å². The lowest BCUT2D eigenvalue weighted by Crippen LogP contribution is -2.50. The summed E-state index contributed by atoms with van der Waals surface area (Å²) in [7, 11) is -2.89. The number of phosphoric acid groups is 1. The van der Waals surface area contributed by atoms with E-state index in [1.807, 2.05) is 0 Å². The number of aromatic nitrogens is 1. The highest BCUT2D eigenvalue weighted by Crippen LogP contribution is 2.57. The molecule has 1 aromatic heterocycles. The number of carbonyl (C=O) groups is 3. The van der Waals surface area contributed by atoms with Gasteiger partial charge in [0.05, 0.1) is 20.1 Å². The molecule has 28 heavy (non-hydrogen) atoms. The molecule has 1 saturated heterocycles. The van der Waals surface area contributed by atoms with E-state index >= 15 is 0 Å². The third-order valence-corrected chi connectivity index (χ3v) is 5.74. The van der Waals surface area contributed by atoms with Gasteiger partial charge in [0.15, 0.2) is 6.10 Å². The zero-order valence-electron chi connectivity index (χ0n) is 15.5. The molecule has 0 bridgehead atoms. The van der Waals surface area contributed by atoms with E-state index in [4.69, 9.17) is 18.3 Å². The maximum atomic E-state index is 12.6. The van der Waals surface area contributed by atoms with E-state index in [1.54, 1.807) is 13.8 Å². The fourth-order valence-electron chi connectivity index (χ4n) is 2.11. The van der Waals surface area contributed by atoms with Crippen molar-refractivity contribution in [2.75, 3.05) is 27.1 Å². The maximum Gasteiger partial charge on any atom is 0.478 e. The van der Waals surface area contributed by atoms with Crippen LogP contribution >= 0.6 is 19.4 Å². The van der Waals surface area contributed by atoms with Gasteiger partial charge in [-0.3, -0.25) is 18.6 Å². The highest BCUT2D eigenvalue weighted by molar-refractivity contribution is 7.48. The molecule has 2 heterocycles. The van der Waals surface area contributed by atoms with Crippen molar-refractivity contribution in [3.8, 4) is 0 Å². The number of nitrogens with zero attached hydrogens (tertiary/aromatic N) is 1. The second-order valence-electron chi connectivity index (χ2n) is 6.37. The van der Waals surface area contributed by atoms with E-state index < -0.39 is 44.0 Å². The minimum atomic E-state index is -4.14. The average molecular weight is 436 g/mol. The minimum Gasteiger partial charge on any atom is -0.469 e. The summed E-state index contributed by atoms with van der Waals surface area (Å²) >= 11 is 0.934. The van der Waals surface area contributed by atoms with Crippen molar-refractivity contribution in [3.63, 3.8) is 0 Å². The van der Waals surface area contributed by atoms with E-state index in [9.17, 15) is 18.9 Å². The quantitative estimate of drug-likeness (QED) is 0.362. The van der Waals surface area contributed by atoms with Crippen molar-refractivity contribution in [2.24, 2.45) is 5.41 Å². The van der Waals surface area contributed by atoms with Gasteiger partial charge in [0.2, 0.25) is 12.7 Å². The second kappa shape index (κ2) is 9.57. The van der Waals surface area contributed by atoms with Crippen LogP contribution in [0.4, 0.5) is 0 Å². The van der Waals surface area contributed by atoms with Crippen LogP contribution in [0.25, 0.3) is 0 Å². The van der Waals surface area contributed by atoms with Crippen molar-refractivity contribution in [3.05, 3.63) is 17.1 Å². The number of methoxy groups -OCH3 is 1. The Morgan fingerprint density at radius 1 is 1.43 bits per heavy atom. The molecule has 13 heteroatoms. The molecule has 1 aliphatic heterocycles. The molecule has 2 rings (SSSR count). The van der Waals surface area contributed by atoms with Crippen LogP contribution in [0.2, 0.25) is 0 Å². The first-order valence-corrected chi connectivity index (χ1v) is 10.4. The van der Waals surface area contributed by atoms with Gasteiger partial charge in [0.25, 0.3) is 0 Å². The van der Waals surface area contributed by atoms with Crippen LogP contribution in [0.5, 0.6) is 0 Å². The van der Waals surface area contributed by atoms with Gasteiger partial charge in [-0.25, -0.2) is 18.3 Å².